The van der Waals surface area contributed by atoms with Crippen LogP contribution in [0, 0.1) is 0 Å². The van der Waals surface area contributed by atoms with Gasteiger partial charge in [0.25, 0.3) is 0 Å². The normalized spacial score (nSPS) is 9.30. The molecule has 0 amide bonds. The van der Waals surface area contributed by atoms with Crippen LogP contribution in [0.3, 0.4) is 0 Å². The van der Waals surface area contributed by atoms with Crippen molar-refractivity contribution in [2.45, 2.75) is 13.3 Å². The van der Waals surface area contributed by atoms with E-state index in [1.807, 2.05) is 18.2 Å². The average Bonchev–Trinajstić information content (AvgIpc) is 2.03. The zero-order valence-corrected chi connectivity index (χ0v) is 6.08. The van der Waals surface area contributed by atoms with Gasteiger partial charge in [-0.15, -0.1) is 0 Å². The molecule has 0 fully saturated rings. The molecule has 1 aromatic rings. The van der Waals surface area contributed by atoms with Crippen molar-refractivity contribution in [2.24, 2.45) is 0 Å². The first kappa shape index (κ1) is 7.06. The smallest absolute Gasteiger partial charge is 0.213 e. The Bertz CT molecular complexity index is 174. The minimum Gasteiger partial charge on any atom is -0.478 e. The third-order valence-electron chi connectivity index (χ3n) is 1.09. The van der Waals surface area contributed by atoms with E-state index in [9.17, 15) is 0 Å². The first-order valence-corrected chi connectivity index (χ1v) is 3.47. The standard InChI is InChI=1S/C8H11NO/c1-2-7-10-8-5-3-4-6-9-8/h3-6H,2,7H2,1H3. The van der Waals surface area contributed by atoms with Gasteiger partial charge in [-0.1, -0.05) is 13.0 Å². The number of hydrogen-bond acceptors (Lipinski definition) is 2. The second kappa shape index (κ2) is 3.88. The molecule has 0 atom stereocenters. The highest BCUT2D eigenvalue weighted by molar-refractivity contribution is 5.08. The van der Waals surface area contributed by atoms with Crippen molar-refractivity contribution in [3.63, 3.8) is 0 Å². The second-order valence-electron chi connectivity index (χ2n) is 2.02. The lowest BCUT2D eigenvalue weighted by molar-refractivity contribution is 0.305. The van der Waals surface area contributed by atoms with Crippen molar-refractivity contribution >= 4 is 0 Å². The van der Waals surface area contributed by atoms with Gasteiger partial charge in [0.2, 0.25) is 5.88 Å². The third kappa shape index (κ3) is 2.05. The number of nitrogens with zero attached hydrogens (tertiary/aromatic N) is 1. The van der Waals surface area contributed by atoms with E-state index in [1.165, 1.54) is 0 Å². The van der Waals surface area contributed by atoms with Gasteiger partial charge in [-0.2, -0.15) is 0 Å². The van der Waals surface area contributed by atoms with Crippen LogP contribution in [0.5, 0.6) is 5.88 Å². The predicted molar refractivity (Wildman–Crippen MR) is 40.0 cm³/mol. The molecule has 0 unspecified atom stereocenters. The molecule has 0 radical (unpaired) electrons. The quantitative estimate of drug-likeness (QED) is 0.634. The summed E-state index contributed by atoms with van der Waals surface area (Å²) in [5.41, 5.74) is 0. The first-order chi connectivity index (χ1) is 4.93. The Morgan fingerprint density at radius 3 is 3.00 bits per heavy atom. The fourth-order valence-electron chi connectivity index (χ4n) is 0.639. The van der Waals surface area contributed by atoms with Crippen molar-refractivity contribution < 1.29 is 4.74 Å². The van der Waals surface area contributed by atoms with Gasteiger partial charge >= 0.3 is 0 Å². The molecule has 0 saturated carbocycles. The SMILES string of the molecule is CCCOc1ccccn1. The molecule has 0 bridgehead atoms. The molecule has 1 aromatic heterocycles. The molecule has 0 N–H and O–H groups in total. The highest BCUT2D eigenvalue weighted by Crippen LogP contribution is 2.02. The van der Waals surface area contributed by atoms with E-state index in [0.29, 0.717) is 5.88 Å². The summed E-state index contributed by atoms with van der Waals surface area (Å²) in [6, 6.07) is 5.65. The molecular weight excluding hydrogens is 126 g/mol. The van der Waals surface area contributed by atoms with Crippen LogP contribution >= 0.6 is 0 Å². The van der Waals surface area contributed by atoms with Crippen LogP contribution in [0.4, 0.5) is 0 Å². The lowest BCUT2D eigenvalue weighted by Gasteiger charge is -2.00. The zero-order chi connectivity index (χ0) is 7.23. The molecule has 0 aliphatic heterocycles. The molecule has 1 rings (SSSR count). The first-order valence-electron chi connectivity index (χ1n) is 3.47. The summed E-state index contributed by atoms with van der Waals surface area (Å²) < 4.78 is 5.24. The van der Waals surface area contributed by atoms with Gasteiger partial charge in [0.05, 0.1) is 6.61 Å². The van der Waals surface area contributed by atoms with Crippen LogP contribution in [0.15, 0.2) is 24.4 Å². The second-order valence-corrected chi connectivity index (χ2v) is 2.02. The highest BCUT2D eigenvalue weighted by atomic mass is 16.5. The molecule has 0 spiro atoms. The zero-order valence-electron chi connectivity index (χ0n) is 6.08. The van der Waals surface area contributed by atoms with Gasteiger partial charge in [0.15, 0.2) is 0 Å². The van der Waals surface area contributed by atoms with E-state index in [-0.39, 0.29) is 0 Å². The summed E-state index contributed by atoms with van der Waals surface area (Å²) in [6.07, 6.45) is 2.75. The molecular formula is C8H11NO. The number of pyridine rings is 1. The Morgan fingerprint density at radius 2 is 2.40 bits per heavy atom. The van der Waals surface area contributed by atoms with Crippen molar-refractivity contribution in [2.75, 3.05) is 6.61 Å². The van der Waals surface area contributed by atoms with Crippen molar-refractivity contribution in [3.8, 4) is 5.88 Å². The molecule has 2 heteroatoms. The van der Waals surface area contributed by atoms with E-state index in [2.05, 4.69) is 11.9 Å². The van der Waals surface area contributed by atoms with Crippen LogP contribution in [-0.2, 0) is 0 Å². The maximum Gasteiger partial charge on any atom is 0.213 e. The van der Waals surface area contributed by atoms with Crippen molar-refractivity contribution in [1.82, 2.24) is 4.98 Å². The fraction of sp³-hybridized carbons (Fsp3) is 0.375. The Balaban J connectivity index is 2.43. The van der Waals surface area contributed by atoms with Gasteiger partial charge in [-0.25, -0.2) is 4.98 Å². The number of hydrogen-bond donors (Lipinski definition) is 0. The van der Waals surface area contributed by atoms with Crippen LogP contribution in [0.25, 0.3) is 0 Å². The van der Waals surface area contributed by atoms with Crippen LogP contribution in [-0.4, -0.2) is 11.6 Å². The van der Waals surface area contributed by atoms with Gasteiger partial charge < -0.3 is 4.74 Å². The molecule has 0 saturated heterocycles. The Hall–Kier alpha value is -1.05. The van der Waals surface area contributed by atoms with Gasteiger partial charge in [-0.05, 0) is 12.5 Å². The predicted octanol–water partition coefficient (Wildman–Crippen LogP) is 1.87. The Kier molecular flexibility index (Phi) is 2.74. The van der Waals surface area contributed by atoms with Gasteiger partial charge in [-0.3, -0.25) is 0 Å². The summed E-state index contributed by atoms with van der Waals surface area (Å²) in [5, 5.41) is 0. The van der Waals surface area contributed by atoms with Crippen molar-refractivity contribution in [1.29, 1.82) is 0 Å². The third-order valence-corrected chi connectivity index (χ3v) is 1.09. The average molecular weight is 137 g/mol. The monoisotopic (exact) mass is 137 g/mol. The van der Waals surface area contributed by atoms with E-state index in [4.69, 9.17) is 4.74 Å². The van der Waals surface area contributed by atoms with E-state index in [0.717, 1.165) is 13.0 Å². The Morgan fingerprint density at radius 1 is 1.50 bits per heavy atom. The van der Waals surface area contributed by atoms with Crippen LogP contribution in [0.1, 0.15) is 13.3 Å². The van der Waals surface area contributed by atoms with E-state index < -0.39 is 0 Å². The summed E-state index contributed by atoms with van der Waals surface area (Å²) >= 11 is 0. The van der Waals surface area contributed by atoms with Crippen LogP contribution in [0.2, 0.25) is 0 Å². The number of ether oxygens (including phenoxy) is 1. The minimum absolute atomic E-state index is 0.712. The molecule has 0 aliphatic rings. The largest absolute Gasteiger partial charge is 0.478 e. The summed E-state index contributed by atoms with van der Waals surface area (Å²) in [6.45, 7) is 2.82. The molecule has 1 heterocycles. The topological polar surface area (TPSA) is 22.1 Å². The summed E-state index contributed by atoms with van der Waals surface area (Å²) in [5.74, 6) is 0.712. The summed E-state index contributed by atoms with van der Waals surface area (Å²) in [7, 11) is 0. The highest BCUT2D eigenvalue weighted by Gasteiger charge is 1.88. The van der Waals surface area contributed by atoms with Gasteiger partial charge in [0, 0.05) is 12.3 Å². The van der Waals surface area contributed by atoms with Crippen LogP contribution < -0.4 is 4.74 Å². The van der Waals surface area contributed by atoms with Gasteiger partial charge in [0.1, 0.15) is 0 Å². The molecule has 0 aromatic carbocycles. The molecule has 0 aliphatic carbocycles. The molecule has 10 heavy (non-hydrogen) atoms. The maximum atomic E-state index is 5.24. The molecule has 2 nitrogen and oxygen atoms in total. The van der Waals surface area contributed by atoms with Crippen molar-refractivity contribution in [3.05, 3.63) is 24.4 Å². The minimum atomic E-state index is 0.712. The lowest BCUT2D eigenvalue weighted by Crippen LogP contribution is -1.95. The lowest BCUT2D eigenvalue weighted by atomic mass is 10.5. The maximum absolute atomic E-state index is 5.24. The van der Waals surface area contributed by atoms with E-state index >= 15 is 0 Å². The fourth-order valence-corrected chi connectivity index (χ4v) is 0.639. The molecule has 54 valence electrons. The summed E-state index contributed by atoms with van der Waals surface area (Å²) in [4.78, 5) is 3.99. The number of rotatable bonds is 3. The van der Waals surface area contributed by atoms with E-state index in [1.54, 1.807) is 6.20 Å². The Labute approximate surface area is 60.9 Å². The number of aromatic nitrogens is 1.